The Balaban J connectivity index is 2.49. The molecule has 4 heteroatoms. The monoisotopic (exact) mass is 271 g/mol. The summed E-state index contributed by atoms with van der Waals surface area (Å²) in [6, 6.07) is 12.8. The van der Waals surface area contributed by atoms with E-state index in [0.29, 0.717) is 5.69 Å². The van der Waals surface area contributed by atoms with Crippen molar-refractivity contribution in [1.29, 1.82) is 0 Å². The van der Waals surface area contributed by atoms with Crippen molar-refractivity contribution in [2.24, 2.45) is 0 Å². The molecule has 0 aromatic heterocycles. The smallest absolute Gasteiger partial charge is 0.337 e. The summed E-state index contributed by atoms with van der Waals surface area (Å²) in [7, 11) is 3.45. The molecule has 0 amide bonds. The molecule has 0 spiro atoms. The topological polar surface area (TPSA) is 49.8 Å². The number of ether oxygens (including phenoxy) is 1. The fourth-order valence-corrected chi connectivity index (χ4v) is 2.06. The lowest BCUT2D eigenvalue weighted by molar-refractivity contribution is 0.0697. The molecule has 0 saturated carbocycles. The van der Waals surface area contributed by atoms with Gasteiger partial charge in [-0.05, 0) is 36.8 Å². The van der Waals surface area contributed by atoms with Crippen LogP contribution < -0.4 is 9.64 Å². The predicted octanol–water partition coefficient (Wildman–Crippen LogP) is 3.47. The van der Waals surface area contributed by atoms with E-state index in [0.717, 1.165) is 17.0 Å². The maximum Gasteiger partial charge on any atom is 0.337 e. The van der Waals surface area contributed by atoms with Gasteiger partial charge in [0.05, 0.1) is 18.4 Å². The van der Waals surface area contributed by atoms with Crippen molar-refractivity contribution in [3.8, 4) is 5.75 Å². The molecule has 0 radical (unpaired) electrons. The van der Waals surface area contributed by atoms with Crippen LogP contribution in [0.2, 0.25) is 0 Å². The maximum absolute atomic E-state index is 11.3. The van der Waals surface area contributed by atoms with Crippen LogP contribution in [-0.2, 0) is 0 Å². The number of hydrogen-bond donors (Lipinski definition) is 1. The SMILES string of the molecule is COc1cccc(N(C)c2cc(C)ccc2C(=O)O)c1. The largest absolute Gasteiger partial charge is 0.497 e. The minimum Gasteiger partial charge on any atom is -0.497 e. The molecule has 20 heavy (non-hydrogen) atoms. The van der Waals surface area contributed by atoms with Crippen molar-refractivity contribution in [2.75, 3.05) is 19.1 Å². The molecule has 2 rings (SSSR count). The number of aromatic carboxylic acids is 1. The van der Waals surface area contributed by atoms with Gasteiger partial charge in [-0.25, -0.2) is 4.79 Å². The fraction of sp³-hybridized carbons (Fsp3) is 0.188. The average molecular weight is 271 g/mol. The Morgan fingerprint density at radius 3 is 2.60 bits per heavy atom. The van der Waals surface area contributed by atoms with E-state index in [1.807, 2.05) is 49.2 Å². The molecule has 2 aromatic rings. The molecule has 4 nitrogen and oxygen atoms in total. The first kappa shape index (κ1) is 13.9. The lowest BCUT2D eigenvalue weighted by Gasteiger charge is -2.22. The lowest BCUT2D eigenvalue weighted by Crippen LogP contribution is -2.14. The molecule has 0 aliphatic heterocycles. The van der Waals surface area contributed by atoms with Gasteiger partial charge in [0.2, 0.25) is 0 Å². The number of benzene rings is 2. The van der Waals surface area contributed by atoms with Crippen molar-refractivity contribution in [3.05, 3.63) is 53.6 Å². The van der Waals surface area contributed by atoms with Gasteiger partial charge in [0.15, 0.2) is 0 Å². The van der Waals surface area contributed by atoms with Gasteiger partial charge in [-0.1, -0.05) is 12.1 Å². The van der Waals surface area contributed by atoms with Crippen LogP contribution in [0.1, 0.15) is 15.9 Å². The quantitative estimate of drug-likeness (QED) is 0.925. The number of carbonyl (C=O) groups is 1. The van der Waals surface area contributed by atoms with E-state index in [1.54, 1.807) is 19.2 Å². The minimum atomic E-state index is -0.935. The van der Waals surface area contributed by atoms with Crippen molar-refractivity contribution >= 4 is 17.3 Å². The molecule has 0 aliphatic carbocycles. The Morgan fingerprint density at radius 2 is 1.95 bits per heavy atom. The molecular formula is C16H17NO3. The van der Waals surface area contributed by atoms with Crippen LogP contribution in [-0.4, -0.2) is 25.2 Å². The molecule has 0 unspecified atom stereocenters. The van der Waals surface area contributed by atoms with Crippen LogP contribution in [0.4, 0.5) is 11.4 Å². The summed E-state index contributed by atoms with van der Waals surface area (Å²) in [6.07, 6.45) is 0. The summed E-state index contributed by atoms with van der Waals surface area (Å²) >= 11 is 0. The normalized spacial score (nSPS) is 10.2. The number of aryl methyl sites for hydroxylation is 1. The van der Waals surface area contributed by atoms with Crippen LogP contribution in [0.15, 0.2) is 42.5 Å². The van der Waals surface area contributed by atoms with E-state index in [9.17, 15) is 9.90 Å². The highest BCUT2D eigenvalue weighted by Gasteiger charge is 2.15. The summed E-state index contributed by atoms with van der Waals surface area (Å²) in [5, 5.41) is 9.30. The van der Waals surface area contributed by atoms with Gasteiger partial charge in [0.25, 0.3) is 0 Å². The van der Waals surface area contributed by atoms with Crippen LogP contribution in [0.5, 0.6) is 5.75 Å². The summed E-state index contributed by atoms with van der Waals surface area (Å²) in [6.45, 7) is 1.94. The van der Waals surface area contributed by atoms with Gasteiger partial charge in [0, 0.05) is 18.8 Å². The lowest BCUT2D eigenvalue weighted by atomic mass is 10.1. The number of nitrogens with zero attached hydrogens (tertiary/aromatic N) is 1. The summed E-state index contributed by atoms with van der Waals surface area (Å²) in [4.78, 5) is 13.2. The molecule has 0 aliphatic rings. The number of carboxylic acids is 1. The molecule has 0 heterocycles. The third-order valence-corrected chi connectivity index (χ3v) is 3.19. The van der Waals surface area contributed by atoms with E-state index < -0.39 is 5.97 Å². The van der Waals surface area contributed by atoms with Gasteiger partial charge in [-0.15, -0.1) is 0 Å². The summed E-state index contributed by atoms with van der Waals surface area (Å²) in [5.41, 5.74) is 2.82. The molecular weight excluding hydrogens is 254 g/mol. The average Bonchev–Trinajstić information content (AvgIpc) is 2.46. The van der Waals surface area contributed by atoms with Crippen LogP contribution >= 0.6 is 0 Å². The molecule has 1 N–H and O–H groups in total. The highest BCUT2D eigenvalue weighted by Crippen LogP contribution is 2.30. The zero-order valence-corrected chi connectivity index (χ0v) is 11.8. The first-order valence-electron chi connectivity index (χ1n) is 6.24. The molecule has 0 saturated heterocycles. The third-order valence-electron chi connectivity index (χ3n) is 3.19. The highest BCUT2D eigenvalue weighted by atomic mass is 16.5. The summed E-state index contributed by atoms with van der Waals surface area (Å²) < 4.78 is 5.20. The molecule has 104 valence electrons. The van der Waals surface area contributed by atoms with Gasteiger partial charge in [-0.2, -0.15) is 0 Å². The maximum atomic E-state index is 11.3. The highest BCUT2D eigenvalue weighted by molar-refractivity contribution is 5.95. The Kier molecular flexibility index (Phi) is 3.94. The third kappa shape index (κ3) is 2.74. The van der Waals surface area contributed by atoms with Gasteiger partial charge < -0.3 is 14.7 Å². The van der Waals surface area contributed by atoms with E-state index in [-0.39, 0.29) is 5.56 Å². The second-order valence-electron chi connectivity index (χ2n) is 4.59. The van der Waals surface area contributed by atoms with Crippen LogP contribution in [0.25, 0.3) is 0 Å². The zero-order chi connectivity index (χ0) is 14.7. The van der Waals surface area contributed by atoms with Gasteiger partial charge >= 0.3 is 5.97 Å². The number of anilines is 2. The molecule has 0 fully saturated rings. The first-order chi connectivity index (χ1) is 9.52. The van der Waals surface area contributed by atoms with Crippen LogP contribution in [0.3, 0.4) is 0 Å². The van der Waals surface area contributed by atoms with Crippen molar-refractivity contribution < 1.29 is 14.6 Å². The van der Waals surface area contributed by atoms with Gasteiger partial charge in [0.1, 0.15) is 5.75 Å². The van der Waals surface area contributed by atoms with E-state index >= 15 is 0 Å². The second-order valence-corrected chi connectivity index (χ2v) is 4.59. The number of methoxy groups -OCH3 is 1. The van der Waals surface area contributed by atoms with Crippen molar-refractivity contribution in [1.82, 2.24) is 0 Å². The number of rotatable bonds is 4. The molecule has 2 aromatic carbocycles. The Morgan fingerprint density at radius 1 is 1.20 bits per heavy atom. The first-order valence-corrected chi connectivity index (χ1v) is 6.24. The van der Waals surface area contributed by atoms with Crippen molar-refractivity contribution in [3.63, 3.8) is 0 Å². The molecule has 0 atom stereocenters. The number of carboxylic acid groups (broad SMARTS) is 1. The van der Waals surface area contributed by atoms with Gasteiger partial charge in [-0.3, -0.25) is 0 Å². The Hall–Kier alpha value is -2.49. The fourth-order valence-electron chi connectivity index (χ4n) is 2.06. The van der Waals surface area contributed by atoms with Crippen molar-refractivity contribution in [2.45, 2.75) is 6.92 Å². The zero-order valence-electron chi connectivity index (χ0n) is 11.8. The number of hydrogen-bond acceptors (Lipinski definition) is 3. The predicted molar refractivity (Wildman–Crippen MR) is 79.2 cm³/mol. The minimum absolute atomic E-state index is 0.279. The molecule has 0 bridgehead atoms. The Bertz CT molecular complexity index is 637. The Labute approximate surface area is 118 Å². The van der Waals surface area contributed by atoms with E-state index in [4.69, 9.17) is 4.74 Å². The van der Waals surface area contributed by atoms with Crippen LogP contribution in [0, 0.1) is 6.92 Å². The standard InChI is InChI=1S/C16H17NO3/c1-11-7-8-14(16(18)19)15(9-11)17(2)12-5-4-6-13(10-12)20-3/h4-10H,1-3H3,(H,18,19). The summed E-state index contributed by atoms with van der Waals surface area (Å²) in [5.74, 6) is -0.200. The van der Waals surface area contributed by atoms with E-state index in [1.165, 1.54) is 0 Å². The van der Waals surface area contributed by atoms with E-state index in [2.05, 4.69) is 0 Å². The second kappa shape index (κ2) is 5.65.